The van der Waals surface area contributed by atoms with Crippen LogP contribution in [0.25, 0.3) is 0 Å². The second-order valence-corrected chi connectivity index (χ2v) is 6.52. The van der Waals surface area contributed by atoms with Crippen LogP contribution >= 0.6 is 0 Å². The summed E-state index contributed by atoms with van der Waals surface area (Å²) < 4.78 is 26.5. The summed E-state index contributed by atoms with van der Waals surface area (Å²) in [5, 5.41) is 3.51. The third kappa shape index (κ3) is 4.13. The van der Waals surface area contributed by atoms with Crippen molar-refractivity contribution in [3.8, 4) is 0 Å². The van der Waals surface area contributed by atoms with Crippen LogP contribution in [0.3, 0.4) is 0 Å². The molecular weight excluding hydrogens is 260 g/mol. The fraction of sp³-hybridized carbons (Fsp3) is 0.667. The average Bonchev–Trinajstić information content (AvgIpc) is 2.36. The number of aromatic nitrogens is 1. The van der Waals surface area contributed by atoms with Gasteiger partial charge in [0.2, 0.25) is 0 Å². The van der Waals surface area contributed by atoms with Crippen molar-refractivity contribution in [3.05, 3.63) is 23.9 Å². The monoisotopic (exact) mass is 283 g/mol. The lowest BCUT2D eigenvalue weighted by Gasteiger charge is -2.34. The Morgan fingerprint density at radius 1 is 1.30 bits per heavy atom. The maximum atomic E-state index is 13.7. The van der Waals surface area contributed by atoms with E-state index in [1.807, 2.05) is 4.90 Å². The fourth-order valence-electron chi connectivity index (χ4n) is 2.44. The fourth-order valence-corrected chi connectivity index (χ4v) is 2.44. The first kappa shape index (κ1) is 15.2. The van der Waals surface area contributed by atoms with Gasteiger partial charge < -0.3 is 10.2 Å². The van der Waals surface area contributed by atoms with Gasteiger partial charge in [-0.3, -0.25) is 0 Å². The van der Waals surface area contributed by atoms with E-state index in [1.165, 1.54) is 0 Å². The second-order valence-electron chi connectivity index (χ2n) is 6.52. The molecule has 2 rings (SSSR count). The molecule has 0 saturated carbocycles. The number of nitrogens with one attached hydrogen (secondary N) is 1. The van der Waals surface area contributed by atoms with E-state index in [2.05, 4.69) is 31.1 Å². The summed E-state index contributed by atoms with van der Waals surface area (Å²) in [5.74, 6) is -0.325. The molecule has 1 fully saturated rings. The lowest BCUT2D eigenvalue weighted by molar-refractivity contribution is 0.327. The average molecular weight is 283 g/mol. The minimum absolute atomic E-state index is 0.127. The van der Waals surface area contributed by atoms with Gasteiger partial charge in [-0.15, -0.1) is 0 Å². The van der Waals surface area contributed by atoms with Crippen LogP contribution in [0.1, 0.15) is 33.6 Å². The van der Waals surface area contributed by atoms with Gasteiger partial charge in [-0.2, -0.15) is 0 Å². The highest BCUT2D eigenvalue weighted by Gasteiger charge is 2.23. The number of rotatable bonds is 3. The van der Waals surface area contributed by atoms with Gasteiger partial charge >= 0.3 is 0 Å². The van der Waals surface area contributed by atoms with Gasteiger partial charge in [0.15, 0.2) is 11.6 Å². The quantitative estimate of drug-likeness (QED) is 0.924. The first-order chi connectivity index (χ1) is 9.35. The van der Waals surface area contributed by atoms with Crippen molar-refractivity contribution in [2.24, 2.45) is 5.92 Å². The number of anilines is 1. The molecule has 0 radical (unpaired) electrons. The highest BCUT2D eigenvalue weighted by atomic mass is 19.1. The molecule has 1 saturated heterocycles. The predicted molar refractivity (Wildman–Crippen MR) is 76.8 cm³/mol. The molecule has 1 aromatic rings. The smallest absolute Gasteiger partial charge is 0.168 e. The van der Waals surface area contributed by atoms with Crippen molar-refractivity contribution in [2.45, 2.75) is 39.2 Å². The Balaban J connectivity index is 1.88. The predicted octanol–water partition coefficient (Wildman–Crippen LogP) is 2.96. The highest BCUT2D eigenvalue weighted by Crippen LogP contribution is 2.24. The maximum absolute atomic E-state index is 13.7. The van der Waals surface area contributed by atoms with Crippen molar-refractivity contribution in [1.82, 2.24) is 10.3 Å². The maximum Gasteiger partial charge on any atom is 0.168 e. The van der Waals surface area contributed by atoms with Crippen molar-refractivity contribution in [2.75, 3.05) is 24.5 Å². The van der Waals surface area contributed by atoms with E-state index in [1.54, 1.807) is 0 Å². The molecule has 0 atom stereocenters. The molecule has 0 bridgehead atoms. The van der Waals surface area contributed by atoms with Gasteiger partial charge in [0.25, 0.3) is 0 Å². The Kier molecular flexibility index (Phi) is 4.58. The van der Waals surface area contributed by atoms with Crippen molar-refractivity contribution in [1.29, 1.82) is 0 Å². The summed E-state index contributed by atoms with van der Waals surface area (Å²) in [4.78, 5) is 5.78. The molecule has 5 heteroatoms. The van der Waals surface area contributed by atoms with Gasteiger partial charge in [0.1, 0.15) is 5.82 Å². The first-order valence-corrected chi connectivity index (χ1v) is 7.16. The van der Waals surface area contributed by atoms with Crippen LogP contribution in [0.4, 0.5) is 14.6 Å². The van der Waals surface area contributed by atoms with Crippen LogP contribution in [0, 0.1) is 17.6 Å². The van der Waals surface area contributed by atoms with Crippen LogP contribution < -0.4 is 10.2 Å². The van der Waals surface area contributed by atoms with E-state index in [0.29, 0.717) is 5.92 Å². The molecule has 0 aliphatic carbocycles. The number of hydrogen-bond acceptors (Lipinski definition) is 3. The highest BCUT2D eigenvalue weighted by molar-refractivity contribution is 5.40. The topological polar surface area (TPSA) is 28.2 Å². The SMILES string of the molecule is CC(C)(C)NCC1CCN(c2ncc(F)cc2F)CC1. The molecule has 3 nitrogen and oxygen atoms in total. The molecule has 0 unspecified atom stereocenters. The first-order valence-electron chi connectivity index (χ1n) is 7.16. The van der Waals surface area contributed by atoms with Crippen LogP contribution in [0.5, 0.6) is 0 Å². The van der Waals surface area contributed by atoms with Gasteiger partial charge in [-0.25, -0.2) is 13.8 Å². The van der Waals surface area contributed by atoms with Gasteiger partial charge in [-0.05, 0) is 46.1 Å². The largest absolute Gasteiger partial charge is 0.354 e. The Labute approximate surface area is 119 Å². The van der Waals surface area contributed by atoms with Crippen LogP contribution in [-0.2, 0) is 0 Å². The zero-order valence-corrected chi connectivity index (χ0v) is 12.4. The zero-order valence-electron chi connectivity index (χ0n) is 12.4. The van der Waals surface area contributed by atoms with E-state index in [4.69, 9.17) is 0 Å². The zero-order chi connectivity index (χ0) is 14.8. The lowest BCUT2D eigenvalue weighted by Crippen LogP contribution is -2.43. The standard InChI is InChI=1S/C15H23F2N3/c1-15(2,3)19-9-11-4-6-20(7-5-11)14-13(17)8-12(16)10-18-14/h8,10-11,19H,4-7,9H2,1-3H3. The summed E-state index contributed by atoms with van der Waals surface area (Å²) in [6.07, 6.45) is 3.08. The van der Waals surface area contributed by atoms with Gasteiger partial charge in [0.05, 0.1) is 6.20 Å². The van der Waals surface area contributed by atoms with E-state index >= 15 is 0 Å². The normalized spacial score (nSPS) is 17.6. The molecule has 1 aliphatic rings. The van der Waals surface area contributed by atoms with Gasteiger partial charge in [-0.1, -0.05) is 0 Å². The number of nitrogens with zero attached hydrogens (tertiary/aromatic N) is 2. The van der Waals surface area contributed by atoms with Crippen LogP contribution in [0.2, 0.25) is 0 Å². The molecular formula is C15H23F2N3. The molecule has 112 valence electrons. The van der Waals surface area contributed by atoms with E-state index in [9.17, 15) is 8.78 Å². The Morgan fingerprint density at radius 2 is 1.95 bits per heavy atom. The molecule has 20 heavy (non-hydrogen) atoms. The molecule has 0 aromatic carbocycles. The summed E-state index contributed by atoms with van der Waals surface area (Å²) in [6, 6.07) is 0.898. The minimum atomic E-state index is -0.629. The van der Waals surface area contributed by atoms with E-state index < -0.39 is 11.6 Å². The number of piperidine rings is 1. The Hall–Kier alpha value is -1.23. The third-order valence-electron chi connectivity index (χ3n) is 3.62. The minimum Gasteiger partial charge on any atom is -0.354 e. The summed E-state index contributed by atoms with van der Waals surface area (Å²) in [6.45, 7) is 8.98. The number of hydrogen-bond donors (Lipinski definition) is 1. The van der Waals surface area contributed by atoms with Crippen molar-refractivity contribution < 1.29 is 8.78 Å². The Morgan fingerprint density at radius 3 is 2.50 bits per heavy atom. The number of pyridine rings is 1. The molecule has 0 amide bonds. The Bertz CT molecular complexity index is 449. The molecule has 2 heterocycles. The third-order valence-corrected chi connectivity index (χ3v) is 3.62. The van der Waals surface area contributed by atoms with Gasteiger partial charge in [0, 0.05) is 24.7 Å². The lowest BCUT2D eigenvalue weighted by atomic mass is 9.95. The summed E-state index contributed by atoms with van der Waals surface area (Å²) in [7, 11) is 0. The molecule has 1 aromatic heterocycles. The van der Waals surface area contributed by atoms with Crippen LogP contribution in [0.15, 0.2) is 12.3 Å². The number of halogens is 2. The van der Waals surface area contributed by atoms with Crippen LogP contribution in [-0.4, -0.2) is 30.2 Å². The van der Waals surface area contributed by atoms with Crippen molar-refractivity contribution >= 4 is 5.82 Å². The van der Waals surface area contributed by atoms with E-state index in [0.717, 1.165) is 44.7 Å². The summed E-state index contributed by atoms with van der Waals surface area (Å²) in [5.41, 5.74) is 0.127. The molecule has 1 aliphatic heterocycles. The second kappa shape index (κ2) is 6.04. The molecule has 0 spiro atoms. The molecule has 1 N–H and O–H groups in total. The van der Waals surface area contributed by atoms with E-state index in [-0.39, 0.29) is 11.4 Å². The summed E-state index contributed by atoms with van der Waals surface area (Å²) >= 11 is 0. The van der Waals surface area contributed by atoms with Crippen molar-refractivity contribution in [3.63, 3.8) is 0 Å².